The molecule has 7 rings (SSSR count). The van der Waals surface area contributed by atoms with Crippen molar-refractivity contribution in [3.63, 3.8) is 0 Å². The Morgan fingerprint density at radius 1 is 1.07 bits per heavy atom. The molecule has 212 valence electrons. The van der Waals surface area contributed by atoms with Crippen molar-refractivity contribution in [1.29, 1.82) is 0 Å². The second-order valence-electron chi connectivity index (χ2n) is 10.9. The number of hydrogen-bond donors (Lipinski definition) is 1. The van der Waals surface area contributed by atoms with Crippen LogP contribution >= 0.6 is 0 Å². The number of pyridine rings is 1. The lowest BCUT2D eigenvalue weighted by Crippen LogP contribution is -2.46. The predicted octanol–water partition coefficient (Wildman–Crippen LogP) is 3.77. The number of morpholine rings is 1. The molecule has 2 aliphatic heterocycles. The molecule has 0 spiro atoms. The van der Waals surface area contributed by atoms with Gasteiger partial charge in [0, 0.05) is 49.9 Å². The van der Waals surface area contributed by atoms with Crippen molar-refractivity contribution < 1.29 is 18.3 Å². The number of hydrogen-bond acceptors (Lipinski definition) is 8. The van der Waals surface area contributed by atoms with Crippen LogP contribution in [0.5, 0.6) is 0 Å². The number of nitrogens with zero attached hydrogens (tertiary/aromatic N) is 7. The highest BCUT2D eigenvalue weighted by molar-refractivity contribution is 5.83. The van der Waals surface area contributed by atoms with Gasteiger partial charge in [-0.3, -0.25) is 9.69 Å². The Kier molecular flexibility index (Phi) is 6.58. The van der Waals surface area contributed by atoms with Crippen LogP contribution in [-0.4, -0.2) is 79.6 Å². The van der Waals surface area contributed by atoms with Crippen molar-refractivity contribution in [2.24, 2.45) is 0 Å². The van der Waals surface area contributed by atoms with E-state index in [1.165, 1.54) is 6.07 Å². The van der Waals surface area contributed by atoms with E-state index in [1.54, 1.807) is 12.1 Å². The van der Waals surface area contributed by atoms with Gasteiger partial charge in [0.1, 0.15) is 22.9 Å². The van der Waals surface area contributed by atoms with Gasteiger partial charge in [0.15, 0.2) is 11.6 Å². The first-order chi connectivity index (χ1) is 19.9. The minimum absolute atomic E-state index is 0.00289. The molecule has 0 radical (unpaired) electrons. The van der Waals surface area contributed by atoms with Gasteiger partial charge in [-0.1, -0.05) is 6.07 Å². The van der Waals surface area contributed by atoms with Crippen LogP contribution in [0.2, 0.25) is 0 Å². The number of aryl methyl sites for hydroxylation is 1. The van der Waals surface area contributed by atoms with E-state index < -0.39 is 11.6 Å². The van der Waals surface area contributed by atoms with E-state index in [-0.39, 0.29) is 23.1 Å². The van der Waals surface area contributed by atoms with Crippen molar-refractivity contribution >= 4 is 28.7 Å². The number of rotatable bonds is 6. The lowest BCUT2D eigenvalue weighted by Gasteiger charge is -2.32. The second kappa shape index (κ2) is 10.4. The fourth-order valence-electron chi connectivity index (χ4n) is 5.69. The van der Waals surface area contributed by atoms with E-state index in [0.29, 0.717) is 62.2 Å². The summed E-state index contributed by atoms with van der Waals surface area (Å²) < 4.78 is 37.4. The molecular formula is C29H30F2N8O2. The fraction of sp³-hybridized carbons (Fsp3) is 0.414. The van der Waals surface area contributed by atoms with Crippen LogP contribution in [0.25, 0.3) is 22.3 Å². The topological polar surface area (TPSA) is 101 Å². The molecule has 2 fully saturated rings. The van der Waals surface area contributed by atoms with Crippen molar-refractivity contribution in [2.75, 3.05) is 44.7 Å². The van der Waals surface area contributed by atoms with Crippen molar-refractivity contribution in [1.82, 2.24) is 34.3 Å². The maximum absolute atomic E-state index is 15.0. The summed E-state index contributed by atoms with van der Waals surface area (Å²) in [5.74, 6) is 0.354. The first-order valence-corrected chi connectivity index (χ1v) is 14.0. The number of ether oxygens (including phenoxy) is 1. The summed E-state index contributed by atoms with van der Waals surface area (Å²) in [5.41, 5.74) is 3.12. The molecule has 1 aromatic carbocycles. The Balaban J connectivity index is 1.09. The number of aromatic nitrogens is 5. The minimum atomic E-state index is -0.649. The molecule has 4 aromatic rings. The summed E-state index contributed by atoms with van der Waals surface area (Å²) >= 11 is 0. The van der Waals surface area contributed by atoms with E-state index in [2.05, 4.69) is 25.2 Å². The van der Waals surface area contributed by atoms with Gasteiger partial charge < -0.3 is 19.5 Å². The third kappa shape index (κ3) is 5.13. The number of anilines is 2. The lowest BCUT2D eigenvalue weighted by atomic mass is 10.1. The second-order valence-corrected chi connectivity index (χ2v) is 10.9. The molecule has 41 heavy (non-hydrogen) atoms. The SMILES string of the molecule is Cc1nc2c(F)cc(-c3nc(Nc4ccc5c(n4)CCN(C(=O)CN4CCOCC4)C5)ncc3F)cc2n1C1CC1. The molecule has 1 saturated carbocycles. The average Bonchev–Trinajstić information content (AvgIpc) is 3.75. The Labute approximate surface area is 235 Å². The predicted molar refractivity (Wildman–Crippen MR) is 148 cm³/mol. The number of amides is 1. The maximum Gasteiger partial charge on any atom is 0.237 e. The Bertz CT molecular complexity index is 1650. The maximum atomic E-state index is 15.0. The smallest absolute Gasteiger partial charge is 0.237 e. The van der Waals surface area contributed by atoms with Crippen LogP contribution in [0.4, 0.5) is 20.5 Å². The molecule has 0 bridgehead atoms. The highest BCUT2D eigenvalue weighted by Crippen LogP contribution is 2.40. The zero-order valence-electron chi connectivity index (χ0n) is 22.7. The molecule has 1 saturated heterocycles. The van der Waals surface area contributed by atoms with Gasteiger partial charge in [-0.2, -0.15) is 0 Å². The van der Waals surface area contributed by atoms with Crippen LogP contribution in [0.3, 0.4) is 0 Å². The van der Waals surface area contributed by atoms with Gasteiger partial charge in [0.2, 0.25) is 11.9 Å². The van der Waals surface area contributed by atoms with Crippen molar-refractivity contribution in [3.05, 3.63) is 59.2 Å². The summed E-state index contributed by atoms with van der Waals surface area (Å²) in [6, 6.07) is 7.05. The van der Waals surface area contributed by atoms with Gasteiger partial charge in [-0.05, 0) is 43.5 Å². The highest BCUT2D eigenvalue weighted by atomic mass is 19.1. The molecule has 3 aliphatic rings. The molecule has 5 heterocycles. The number of carbonyl (C=O) groups is 1. The standard InChI is InChI=1S/C29H30F2N8O2/c1-17-33-28-21(30)12-19(13-24(28)39(17)20-3-4-20)27-22(31)14-32-29(36-27)35-25-5-2-18-15-38(7-6-23(18)34-25)26(40)16-37-8-10-41-11-9-37/h2,5,12-14,20H,3-4,6-11,15-16H2,1H3,(H,32,34,35,36). The lowest BCUT2D eigenvalue weighted by molar-refractivity contribution is -0.134. The van der Waals surface area contributed by atoms with E-state index in [4.69, 9.17) is 9.72 Å². The summed E-state index contributed by atoms with van der Waals surface area (Å²) in [6.07, 6.45) is 3.74. The molecule has 10 nitrogen and oxygen atoms in total. The molecule has 3 aromatic heterocycles. The molecule has 1 amide bonds. The molecular weight excluding hydrogens is 530 g/mol. The zero-order chi connectivity index (χ0) is 28.1. The Morgan fingerprint density at radius 3 is 2.71 bits per heavy atom. The van der Waals surface area contributed by atoms with Gasteiger partial charge in [0.05, 0.1) is 31.5 Å². The third-order valence-corrected chi connectivity index (χ3v) is 7.96. The van der Waals surface area contributed by atoms with Crippen LogP contribution < -0.4 is 5.32 Å². The minimum Gasteiger partial charge on any atom is -0.379 e. The molecule has 12 heteroatoms. The van der Waals surface area contributed by atoms with Gasteiger partial charge in [-0.25, -0.2) is 28.7 Å². The number of imidazole rings is 1. The normalized spacial score (nSPS) is 17.6. The van der Waals surface area contributed by atoms with Gasteiger partial charge >= 0.3 is 0 Å². The largest absolute Gasteiger partial charge is 0.379 e. The molecule has 1 N–H and O–H groups in total. The quantitative estimate of drug-likeness (QED) is 0.381. The fourth-order valence-corrected chi connectivity index (χ4v) is 5.69. The van der Waals surface area contributed by atoms with Crippen molar-refractivity contribution in [3.8, 4) is 11.3 Å². The average molecular weight is 561 g/mol. The molecule has 0 atom stereocenters. The summed E-state index contributed by atoms with van der Waals surface area (Å²) in [4.78, 5) is 34.4. The van der Waals surface area contributed by atoms with Gasteiger partial charge in [-0.15, -0.1) is 0 Å². The summed E-state index contributed by atoms with van der Waals surface area (Å²) in [6.45, 7) is 6.22. The van der Waals surface area contributed by atoms with E-state index >= 15 is 4.39 Å². The van der Waals surface area contributed by atoms with E-state index in [9.17, 15) is 9.18 Å². The zero-order valence-corrected chi connectivity index (χ0v) is 22.7. The highest BCUT2D eigenvalue weighted by Gasteiger charge is 2.29. The summed E-state index contributed by atoms with van der Waals surface area (Å²) in [5, 5.41) is 3.06. The third-order valence-electron chi connectivity index (χ3n) is 7.96. The van der Waals surface area contributed by atoms with Crippen LogP contribution in [0.1, 0.15) is 36.0 Å². The molecule has 0 unspecified atom stereocenters. The number of benzene rings is 1. The number of nitrogens with one attached hydrogen (secondary N) is 1. The number of halogens is 2. The van der Waals surface area contributed by atoms with Gasteiger partial charge in [0.25, 0.3) is 0 Å². The van der Waals surface area contributed by atoms with Crippen LogP contribution in [0.15, 0.2) is 30.5 Å². The monoisotopic (exact) mass is 560 g/mol. The van der Waals surface area contributed by atoms with Crippen LogP contribution in [0, 0.1) is 18.6 Å². The summed E-state index contributed by atoms with van der Waals surface area (Å²) in [7, 11) is 0. The first kappa shape index (κ1) is 25.9. The van der Waals surface area contributed by atoms with E-state index in [1.807, 2.05) is 22.5 Å². The first-order valence-electron chi connectivity index (χ1n) is 14.0. The Hall–Kier alpha value is -4.03. The van der Waals surface area contributed by atoms with Crippen LogP contribution in [-0.2, 0) is 22.5 Å². The number of fused-ring (bicyclic) bond motifs is 2. The number of carbonyl (C=O) groups excluding carboxylic acids is 1. The molecule has 1 aliphatic carbocycles. The van der Waals surface area contributed by atoms with E-state index in [0.717, 1.165) is 49.2 Å². The van der Waals surface area contributed by atoms with Crippen molar-refractivity contribution in [2.45, 2.75) is 38.8 Å². The Morgan fingerprint density at radius 2 is 1.90 bits per heavy atom.